The molecule has 0 aliphatic heterocycles. The lowest BCUT2D eigenvalue weighted by atomic mass is 10.2. The SMILES string of the molecule is Cc1nc2ccccc2c(=O)n1N=Cc1ccccc1OC(=O)c1ccccc1. The van der Waals surface area contributed by atoms with Gasteiger partial charge in [0.25, 0.3) is 5.56 Å². The van der Waals surface area contributed by atoms with Crippen LogP contribution < -0.4 is 10.3 Å². The molecule has 0 N–H and O–H groups in total. The first-order valence-corrected chi connectivity index (χ1v) is 9.02. The fraction of sp³-hybridized carbons (Fsp3) is 0.0435. The van der Waals surface area contributed by atoms with Crippen molar-refractivity contribution in [1.82, 2.24) is 9.66 Å². The minimum atomic E-state index is -0.466. The van der Waals surface area contributed by atoms with E-state index < -0.39 is 5.97 Å². The Labute approximate surface area is 166 Å². The number of para-hydroxylation sites is 2. The van der Waals surface area contributed by atoms with Gasteiger partial charge >= 0.3 is 5.97 Å². The van der Waals surface area contributed by atoms with Crippen molar-refractivity contribution < 1.29 is 9.53 Å². The molecule has 1 aromatic heterocycles. The number of esters is 1. The van der Waals surface area contributed by atoms with Crippen LogP contribution in [0.3, 0.4) is 0 Å². The lowest BCUT2D eigenvalue weighted by molar-refractivity contribution is 0.0734. The number of nitrogens with zero attached hydrogens (tertiary/aromatic N) is 3. The van der Waals surface area contributed by atoms with E-state index in [1.165, 1.54) is 10.9 Å². The van der Waals surface area contributed by atoms with E-state index in [4.69, 9.17) is 4.74 Å². The topological polar surface area (TPSA) is 73.6 Å². The number of carbonyl (C=O) groups is 1. The number of hydrogen-bond acceptors (Lipinski definition) is 5. The molecular formula is C23H17N3O3. The largest absolute Gasteiger partial charge is 0.422 e. The van der Waals surface area contributed by atoms with Gasteiger partial charge in [-0.05, 0) is 43.3 Å². The van der Waals surface area contributed by atoms with E-state index in [1.807, 2.05) is 12.1 Å². The van der Waals surface area contributed by atoms with E-state index in [-0.39, 0.29) is 5.56 Å². The van der Waals surface area contributed by atoms with Crippen molar-refractivity contribution in [3.8, 4) is 5.75 Å². The second kappa shape index (κ2) is 7.90. The average Bonchev–Trinajstić information content (AvgIpc) is 2.75. The lowest BCUT2D eigenvalue weighted by Crippen LogP contribution is -2.20. The molecule has 142 valence electrons. The van der Waals surface area contributed by atoms with E-state index in [0.29, 0.717) is 33.6 Å². The van der Waals surface area contributed by atoms with Gasteiger partial charge in [-0.15, -0.1) is 0 Å². The van der Waals surface area contributed by atoms with E-state index in [9.17, 15) is 9.59 Å². The highest BCUT2D eigenvalue weighted by molar-refractivity contribution is 5.93. The minimum Gasteiger partial charge on any atom is -0.422 e. The summed E-state index contributed by atoms with van der Waals surface area (Å²) in [5.74, 6) is 0.348. The Morgan fingerprint density at radius 1 is 0.966 bits per heavy atom. The van der Waals surface area contributed by atoms with E-state index >= 15 is 0 Å². The smallest absolute Gasteiger partial charge is 0.343 e. The van der Waals surface area contributed by atoms with Crippen LogP contribution in [0.5, 0.6) is 5.75 Å². The molecule has 4 rings (SSSR count). The zero-order valence-electron chi connectivity index (χ0n) is 15.6. The summed E-state index contributed by atoms with van der Waals surface area (Å²) in [5.41, 5.74) is 1.38. The molecule has 0 aliphatic carbocycles. The number of hydrogen-bond donors (Lipinski definition) is 0. The van der Waals surface area contributed by atoms with Crippen LogP contribution in [-0.2, 0) is 0 Å². The maximum atomic E-state index is 12.7. The number of fused-ring (bicyclic) bond motifs is 1. The molecule has 0 saturated heterocycles. The summed E-state index contributed by atoms with van der Waals surface area (Å²) in [6.07, 6.45) is 1.48. The molecule has 0 amide bonds. The first kappa shape index (κ1) is 18.3. The third kappa shape index (κ3) is 3.82. The molecule has 0 atom stereocenters. The molecule has 4 aromatic rings. The van der Waals surface area contributed by atoms with Gasteiger partial charge in [-0.25, -0.2) is 9.78 Å². The van der Waals surface area contributed by atoms with E-state index in [2.05, 4.69) is 10.1 Å². The summed E-state index contributed by atoms with van der Waals surface area (Å²) in [6, 6.07) is 22.9. The zero-order chi connectivity index (χ0) is 20.2. The summed E-state index contributed by atoms with van der Waals surface area (Å²) in [7, 11) is 0. The average molecular weight is 383 g/mol. The summed E-state index contributed by atoms with van der Waals surface area (Å²) < 4.78 is 6.75. The quantitative estimate of drug-likeness (QED) is 0.305. The number of ether oxygens (including phenoxy) is 1. The summed E-state index contributed by atoms with van der Waals surface area (Å²) in [4.78, 5) is 29.5. The van der Waals surface area contributed by atoms with Gasteiger partial charge < -0.3 is 4.74 Å². The third-order valence-corrected chi connectivity index (χ3v) is 4.36. The standard InChI is InChI=1S/C23H17N3O3/c1-16-25-20-13-7-6-12-19(20)22(27)26(16)24-15-18-11-5-8-14-21(18)29-23(28)17-9-3-2-4-10-17/h2-15H,1H3. The van der Waals surface area contributed by atoms with Crippen LogP contribution in [0.1, 0.15) is 21.7 Å². The molecule has 0 saturated carbocycles. The maximum Gasteiger partial charge on any atom is 0.343 e. The summed E-state index contributed by atoms with van der Waals surface area (Å²) in [6.45, 7) is 1.71. The molecular weight excluding hydrogens is 366 g/mol. The Balaban J connectivity index is 1.67. The zero-order valence-corrected chi connectivity index (χ0v) is 15.6. The maximum absolute atomic E-state index is 12.7. The molecule has 6 heteroatoms. The Bertz CT molecular complexity index is 1280. The Morgan fingerprint density at radius 2 is 1.66 bits per heavy atom. The molecule has 0 radical (unpaired) electrons. The highest BCUT2D eigenvalue weighted by Gasteiger charge is 2.11. The highest BCUT2D eigenvalue weighted by atomic mass is 16.5. The molecule has 0 unspecified atom stereocenters. The molecule has 6 nitrogen and oxygen atoms in total. The van der Waals surface area contributed by atoms with Crippen molar-refractivity contribution in [2.24, 2.45) is 5.10 Å². The van der Waals surface area contributed by atoms with Crippen molar-refractivity contribution in [2.45, 2.75) is 6.92 Å². The van der Waals surface area contributed by atoms with Crippen LogP contribution >= 0.6 is 0 Å². The summed E-state index contributed by atoms with van der Waals surface area (Å²) >= 11 is 0. The Hall–Kier alpha value is -4.06. The molecule has 0 aliphatic rings. The van der Waals surface area contributed by atoms with Crippen LogP contribution in [0.4, 0.5) is 0 Å². The van der Waals surface area contributed by atoms with Gasteiger partial charge in [0.2, 0.25) is 0 Å². The Morgan fingerprint density at radius 3 is 2.48 bits per heavy atom. The highest BCUT2D eigenvalue weighted by Crippen LogP contribution is 2.18. The van der Waals surface area contributed by atoms with Crippen molar-refractivity contribution in [1.29, 1.82) is 0 Å². The van der Waals surface area contributed by atoms with Crippen molar-refractivity contribution in [3.05, 3.63) is 106 Å². The molecule has 0 bridgehead atoms. The number of carbonyl (C=O) groups excluding carboxylic acids is 1. The molecule has 0 spiro atoms. The van der Waals surface area contributed by atoms with Gasteiger partial charge in [0.1, 0.15) is 11.6 Å². The molecule has 29 heavy (non-hydrogen) atoms. The Kier molecular flexibility index (Phi) is 4.99. The van der Waals surface area contributed by atoms with Crippen LogP contribution in [0, 0.1) is 6.92 Å². The fourth-order valence-electron chi connectivity index (χ4n) is 2.90. The number of rotatable bonds is 4. The normalized spacial score (nSPS) is 11.1. The second-order valence-corrected chi connectivity index (χ2v) is 6.33. The molecule has 3 aromatic carbocycles. The van der Waals surface area contributed by atoms with Crippen LogP contribution in [0.25, 0.3) is 10.9 Å². The lowest BCUT2D eigenvalue weighted by Gasteiger charge is -2.08. The third-order valence-electron chi connectivity index (χ3n) is 4.36. The minimum absolute atomic E-state index is 0.261. The van der Waals surface area contributed by atoms with E-state index in [0.717, 1.165) is 0 Å². The van der Waals surface area contributed by atoms with Crippen molar-refractivity contribution in [3.63, 3.8) is 0 Å². The predicted molar refractivity (Wildman–Crippen MR) is 112 cm³/mol. The van der Waals surface area contributed by atoms with Crippen molar-refractivity contribution >= 4 is 23.1 Å². The summed E-state index contributed by atoms with van der Waals surface area (Å²) in [5, 5.41) is 4.78. The van der Waals surface area contributed by atoms with Gasteiger partial charge in [0.05, 0.1) is 22.7 Å². The van der Waals surface area contributed by atoms with Crippen LogP contribution in [0.2, 0.25) is 0 Å². The van der Waals surface area contributed by atoms with Gasteiger partial charge in [0.15, 0.2) is 0 Å². The number of benzene rings is 3. The molecule has 1 heterocycles. The van der Waals surface area contributed by atoms with Gasteiger partial charge in [0, 0.05) is 5.56 Å². The predicted octanol–water partition coefficient (Wildman–Crippen LogP) is 3.81. The number of aromatic nitrogens is 2. The first-order chi connectivity index (χ1) is 14.1. The van der Waals surface area contributed by atoms with Gasteiger partial charge in [-0.1, -0.05) is 42.5 Å². The van der Waals surface area contributed by atoms with Crippen LogP contribution in [-0.4, -0.2) is 21.8 Å². The van der Waals surface area contributed by atoms with E-state index in [1.54, 1.807) is 73.7 Å². The monoisotopic (exact) mass is 383 g/mol. The van der Waals surface area contributed by atoms with Gasteiger partial charge in [-0.3, -0.25) is 4.79 Å². The second-order valence-electron chi connectivity index (χ2n) is 6.33. The molecule has 0 fully saturated rings. The van der Waals surface area contributed by atoms with Crippen LogP contribution in [0.15, 0.2) is 88.8 Å². The van der Waals surface area contributed by atoms with Crippen molar-refractivity contribution in [2.75, 3.05) is 0 Å². The first-order valence-electron chi connectivity index (χ1n) is 9.02. The van der Waals surface area contributed by atoms with Gasteiger partial charge in [-0.2, -0.15) is 9.78 Å². The number of aryl methyl sites for hydroxylation is 1. The fourth-order valence-corrected chi connectivity index (χ4v) is 2.90.